The van der Waals surface area contributed by atoms with Crippen LogP contribution in [-0.2, 0) is 6.54 Å². The first-order valence-electron chi connectivity index (χ1n) is 6.28. The molecule has 0 atom stereocenters. The molecule has 0 aliphatic rings. The molecule has 3 nitrogen and oxygen atoms in total. The van der Waals surface area contributed by atoms with Crippen LogP contribution in [-0.4, -0.2) is 13.0 Å². The summed E-state index contributed by atoms with van der Waals surface area (Å²) in [5, 5.41) is 2.91. The molecule has 2 aromatic carbocycles. The molecular weight excluding hydrogens is 318 g/mol. The summed E-state index contributed by atoms with van der Waals surface area (Å²) in [4.78, 5) is 12.2. The van der Waals surface area contributed by atoms with E-state index in [4.69, 9.17) is 4.74 Å². The smallest absolute Gasteiger partial charge is 0.252 e. The molecule has 104 valence electrons. The van der Waals surface area contributed by atoms with Gasteiger partial charge in [0.1, 0.15) is 5.75 Å². The number of nitrogens with one attached hydrogen (secondary N) is 1. The molecule has 1 amide bonds. The lowest BCUT2D eigenvalue weighted by atomic mass is 10.1. The summed E-state index contributed by atoms with van der Waals surface area (Å²) in [5.74, 6) is 0.692. The lowest BCUT2D eigenvalue weighted by Crippen LogP contribution is -2.23. The van der Waals surface area contributed by atoms with Crippen LogP contribution in [0.3, 0.4) is 0 Å². The number of carbonyl (C=O) groups excluding carboxylic acids is 1. The third-order valence-corrected chi connectivity index (χ3v) is 4.08. The molecular formula is C16H16BrNO2. The Balaban J connectivity index is 2.06. The zero-order valence-electron chi connectivity index (χ0n) is 11.4. The molecule has 2 aromatic rings. The number of amides is 1. The summed E-state index contributed by atoms with van der Waals surface area (Å²) >= 11 is 3.45. The summed E-state index contributed by atoms with van der Waals surface area (Å²) in [6, 6.07) is 13.3. The Kier molecular flexibility index (Phi) is 4.79. The monoisotopic (exact) mass is 333 g/mol. The van der Waals surface area contributed by atoms with Gasteiger partial charge in [-0.3, -0.25) is 4.79 Å². The second-order valence-electron chi connectivity index (χ2n) is 4.47. The highest BCUT2D eigenvalue weighted by Gasteiger charge is 2.10. The topological polar surface area (TPSA) is 38.3 Å². The number of ether oxygens (including phenoxy) is 1. The van der Waals surface area contributed by atoms with Gasteiger partial charge in [-0.15, -0.1) is 0 Å². The van der Waals surface area contributed by atoms with Gasteiger partial charge in [-0.1, -0.05) is 24.3 Å². The minimum absolute atomic E-state index is 0.0941. The zero-order valence-corrected chi connectivity index (χ0v) is 13.0. The highest BCUT2D eigenvalue weighted by molar-refractivity contribution is 9.10. The Hall–Kier alpha value is -1.81. The lowest BCUT2D eigenvalue weighted by Gasteiger charge is -2.09. The second kappa shape index (κ2) is 6.57. The molecule has 0 radical (unpaired) electrons. The summed E-state index contributed by atoms with van der Waals surface area (Å²) in [5.41, 5.74) is 2.69. The quantitative estimate of drug-likeness (QED) is 0.926. The first kappa shape index (κ1) is 14.6. The van der Waals surface area contributed by atoms with E-state index in [-0.39, 0.29) is 5.91 Å². The van der Waals surface area contributed by atoms with Crippen LogP contribution in [0.5, 0.6) is 5.75 Å². The van der Waals surface area contributed by atoms with Crippen molar-refractivity contribution >= 4 is 21.8 Å². The van der Waals surface area contributed by atoms with Crippen LogP contribution in [0, 0.1) is 6.92 Å². The van der Waals surface area contributed by atoms with Gasteiger partial charge in [-0.25, -0.2) is 0 Å². The molecule has 2 rings (SSSR count). The van der Waals surface area contributed by atoms with Crippen LogP contribution in [0.4, 0.5) is 0 Å². The first-order valence-corrected chi connectivity index (χ1v) is 7.07. The molecule has 0 bridgehead atoms. The number of hydrogen-bond donors (Lipinski definition) is 1. The van der Waals surface area contributed by atoms with Crippen LogP contribution in [0.2, 0.25) is 0 Å². The summed E-state index contributed by atoms with van der Waals surface area (Å²) in [6.45, 7) is 2.43. The highest BCUT2D eigenvalue weighted by atomic mass is 79.9. The summed E-state index contributed by atoms with van der Waals surface area (Å²) in [7, 11) is 1.63. The van der Waals surface area contributed by atoms with Gasteiger partial charge < -0.3 is 10.1 Å². The van der Waals surface area contributed by atoms with Crippen molar-refractivity contribution in [1.29, 1.82) is 0 Å². The Bertz CT molecular complexity index is 626. The van der Waals surface area contributed by atoms with Crippen molar-refractivity contribution in [2.75, 3.05) is 7.11 Å². The standard InChI is InChI=1S/C16H16BrNO2/c1-11-5-3-8-14(15(11)17)16(19)18-10-12-6-4-7-13(9-12)20-2/h3-9H,10H2,1-2H3,(H,18,19). The number of carbonyl (C=O) groups is 1. The van der Waals surface area contributed by atoms with E-state index in [1.165, 1.54) is 0 Å². The maximum atomic E-state index is 12.2. The van der Waals surface area contributed by atoms with Gasteiger partial charge >= 0.3 is 0 Å². The van der Waals surface area contributed by atoms with Crippen molar-refractivity contribution in [3.8, 4) is 5.75 Å². The first-order chi connectivity index (χ1) is 9.61. The van der Waals surface area contributed by atoms with Gasteiger partial charge in [-0.05, 0) is 52.2 Å². The van der Waals surface area contributed by atoms with Crippen LogP contribution in [0.25, 0.3) is 0 Å². The van der Waals surface area contributed by atoms with Crippen LogP contribution < -0.4 is 10.1 Å². The minimum Gasteiger partial charge on any atom is -0.497 e. The van der Waals surface area contributed by atoms with E-state index in [1.54, 1.807) is 13.2 Å². The molecule has 0 saturated carbocycles. The molecule has 0 saturated heterocycles. The van der Waals surface area contributed by atoms with Crippen molar-refractivity contribution < 1.29 is 9.53 Å². The average molecular weight is 334 g/mol. The average Bonchev–Trinajstić information content (AvgIpc) is 2.48. The van der Waals surface area contributed by atoms with E-state index in [9.17, 15) is 4.79 Å². The molecule has 0 aromatic heterocycles. The number of rotatable bonds is 4. The van der Waals surface area contributed by atoms with E-state index in [0.717, 1.165) is 21.3 Å². The van der Waals surface area contributed by atoms with E-state index in [1.807, 2.05) is 43.3 Å². The summed E-state index contributed by atoms with van der Waals surface area (Å²) in [6.07, 6.45) is 0. The fourth-order valence-corrected chi connectivity index (χ4v) is 2.33. The Morgan fingerprint density at radius 3 is 2.75 bits per heavy atom. The Labute approximate surface area is 127 Å². The van der Waals surface area contributed by atoms with Gasteiger partial charge in [0, 0.05) is 11.0 Å². The maximum Gasteiger partial charge on any atom is 0.252 e. The third kappa shape index (κ3) is 3.39. The number of benzene rings is 2. The van der Waals surface area contributed by atoms with Crippen molar-refractivity contribution in [2.45, 2.75) is 13.5 Å². The molecule has 4 heteroatoms. The molecule has 0 fully saturated rings. The highest BCUT2D eigenvalue weighted by Crippen LogP contribution is 2.21. The summed E-state index contributed by atoms with van der Waals surface area (Å²) < 4.78 is 6.00. The van der Waals surface area contributed by atoms with Gasteiger partial charge in [0.15, 0.2) is 0 Å². The van der Waals surface area contributed by atoms with Crippen molar-refractivity contribution in [1.82, 2.24) is 5.32 Å². The van der Waals surface area contributed by atoms with Crippen LogP contribution in [0.15, 0.2) is 46.9 Å². The Morgan fingerprint density at radius 1 is 1.25 bits per heavy atom. The number of halogens is 1. The molecule has 1 N–H and O–H groups in total. The fraction of sp³-hybridized carbons (Fsp3) is 0.188. The van der Waals surface area contributed by atoms with E-state index in [0.29, 0.717) is 12.1 Å². The zero-order chi connectivity index (χ0) is 14.5. The predicted molar refractivity (Wildman–Crippen MR) is 83.0 cm³/mol. The molecule has 0 aliphatic carbocycles. The van der Waals surface area contributed by atoms with Gasteiger partial charge in [-0.2, -0.15) is 0 Å². The SMILES string of the molecule is COc1cccc(CNC(=O)c2cccc(C)c2Br)c1. The van der Waals surface area contributed by atoms with Crippen molar-refractivity contribution in [3.05, 3.63) is 63.6 Å². The number of methoxy groups -OCH3 is 1. The van der Waals surface area contributed by atoms with E-state index in [2.05, 4.69) is 21.2 Å². The predicted octanol–water partition coefficient (Wildman–Crippen LogP) is 3.70. The molecule has 0 aliphatic heterocycles. The van der Waals surface area contributed by atoms with E-state index < -0.39 is 0 Å². The second-order valence-corrected chi connectivity index (χ2v) is 5.26. The van der Waals surface area contributed by atoms with Crippen molar-refractivity contribution in [3.63, 3.8) is 0 Å². The van der Waals surface area contributed by atoms with Crippen LogP contribution in [0.1, 0.15) is 21.5 Å². The minimum atomic E-state index is -0.0941. The Morgan fingerprint density at radius 2 is 2.00 bits per heavy atom. The molecule has 0 heterocycles. The molecule has 20 heavy (non-hydrogen) atoms. The van der Waals surface area contributed by atoms with Crippen molar-refractivity contribution in [2.24, 2.45) is 0 Å². The van der Waals surface area contributed by atoms with E-state index >= 15 is 0 Å². The number of hydrogen-bond acceptors (Lipinski definition) is 2. The van der Waals surface area contributed by atoms with Crippen LogP contribution >= 0.6 is 15.9 Å². The van der Waals surface area contributed by atoms with Gasteiger partial charge in [0.25, 0.3) is 5.91 Å². The van der Waals surface area contributed by atoms with Gasteiger partial charge in [0.05, 0.1) is 12.7 Å². The lowest BCUT2D eigenvalue weighted by molar-refractivity contribution is 0.0950. The normalized spacial score (nSPS) is 10.2. The van der Waals surface area contributed by atoms with Gasteiger partial charge in [0.2, 0.25) is 0 Å². The maximum absolute atomic E-state index is 12.2. The third-order valence-electron chi connectivity index (χ3n) is 3.02. The number of aryl methyl sites for hydroxylation is 1. The largest absolute Gasteiger partial charge is 0.497 e. The molecule has 0 unspecified atom stereocenters. The fourth-order valence-electron chi connectivity index (χ4n) is 1.88. The molecule has 0 spiro atoms.